The van der Waals surface area contributed by atoms with Crippen molar-refractivity contribution >= 4 is 22.9 Å². The van der Waals surface area contributed by atoms with E-state index in [1.807, 2.05) is 0 Å². The molecule has 0 fully saturated rings. The smallest absolute Gasteiger partial charge is 0.379 e. The molecule has 2 aromatic carbocycles. The fourth-order valence-corrected chi connectivity index (χ4v) is 2.45. The van der Waals surface area contributed by atoms with Crippen LogP contribution in [0, 0.1) is 6.92 Å². The Bertz CT molecular complexity index is 936. The van der Waals surface area contributed by atoms with Crippen molar-refractivity contribution < 1.29 is 28.2 Å². The first-order chi connectivity index (χ1) is 12.0. The number of carbonyl (C=O) groups excluding carboxylic acids is 2. The molecule has 0 aliphatic heterocycles. The van der Waals surface area contributed by atoms with E-state index >= 15 is 0 Å². The lowest BCUT2D eigenvalue weighted by atomic mass is 10.1. The fraction of sp³-hybridized carbons (Fsp3) is 0.158. The minimum Gasteiger partial charge on any atom is -0.497 e. The SMILES string of the molecule is COC(=O)c1ccc(OC(=O)c2oc3ccc(OC)cc3c2C)cc1. The topological polar surface area (TPSA) is 75.0 Å². The van der Waals surface area contributed by atoms with Gasteiger partial charge in [-0.05, 0) is 49.4 Å². The standard InChI is InChI=1S/C19H16O6/c1-11-15-10-14(22-2)8-9-16(15)25-17(11)19(21)24-13-6-4-12(5-7-13)18(20)23-3/h4-10H,1-3H3. The molecule has 3 aromatic rings. The van der Waals surface area contributed by atoms with E-state index in [0.717, 1.165) is 5.39 Å². The molecule has 128 valence electrons. The largest absolute Gasteiger partial charge is 0.497 e. The minimum absolute atomic E-state index is 0.125. The molecule has 0 aliphatic carbocycles. The summed E-state index contributed by atoms with van der Waals surface area (Å²) in [6, 6.07) is 11.4. The Morgan fingerprint density at radius 3 is 2.24 bits per heavy atom. The zero-order valence-corrected chi connectivity index (χ0v) is 14.0. The number of ether oxygens (including phenoxy) is 3. The van der Waals surface area contributed by atoms with Crippen LogP contribution in [0.25, 0.3) is 11.0 Å². The monoisotopic (exact) mass is 340 g/mol. The Hall–Kier alpha value is -3.28. The highest BCUT2D eigenvalue weighted by atomic mass is 16.5. The molecule has 0 atom stereocenters. The molecule has 0 N–H and O–H groups in total. The first kappa shape index (κ1) is 16.6. The van der Waals surface area contributed by atoms with E-state index < -0.39 is 11.9 Å². The van der Waals surface area contributed by atoms with E-state index in [-0.39, 0.29) is 5.76 Å². The van der Waals surface area contributed by atoms with Crippen molar-refractivity contribution in [3.05, 3.63) is 59.4 Å². The number of furan rings is 1. The summed E-state index contributed by atoms with van der Waals surface area (Å²) in [5, 5.41) is 0.785. The van der Waals surface area contributed by atoms with Gasteiger partial charge in [0, 0.05) is 10.9 Å². The van der Waals surface area contributed by atoms with E-state index in [2.05, 4.69) is 4.74 Å². The predicted molar refractivity (Wildman–Crippen MR) is 90.2 cm³/mol. The Morgan fingerprint density at radius 1 is 0.920 bits per heavy atom. The minimum atomic E-state index is -0.613. The highest BCUT2D eigenvalue weighted by molar-refractivity contribution is 5.97. The van der Waals surface area contributed by atoms with Crippen LogP contribution in [0.3, 0.4) is 0 Å². The lowest BCUT2D eigenvalue weighted by molar-refractivity contribution is 0.0600. The van der Waals surface area contributed by atoms with Gasteiger partial charge in [0.1, 0.15) is 17.1 Å². The van der Waals surface area contributed by atoms with Gasteiger partial charge in [-0.15, -0.1) is 0 Å². The van der Waals surface area contributed by atoms with E-state index in [1.54, 1.807) is 32.2 Å². The molecule has 0 saturated carbocycles. The second-order valence-electron chi connectivity index (χ2n) is 5.32. The van der Waals surface area contributed by atoms with Crippen LogP contribution >= 0.6 is 0 Å². The molecule has 1 heterocycles. The fourth-order valence-electron chi connectivity index (χ4n) is 2.45. The highest BCUT2D eigenvalue weighted by Gasteiger charge is 2.20. The lowest BCUT2D eigenvalue weighted by Gasteiger charge is -2.04. The molecule has 0 amide bonds. The number of aryl methyl sites for hydroxylation is 1. The summed E-state index contributed by atoms with van der Waals surface area (Å²) in [5.74, 6) is 0.0311. The molecule has 0 unspecified atom stereocenters. The third-order valence-electron chi connectivity index (χ3n) is 3.81. The van der Waals surface area contributed by atoms with E-state index in [1.165, 1.54) is 31.4 Å². The lowest BCUT2D eigenvalue weighted by Crippen LogP contribution is -2.09. The molecule has 25 heavy (non-hydrogen) atoms. The van der Waals surface area contributed by atoms with Gasteiger partial charge in [-0.3, -0.25) is 0 Å². The van der Waals surface area contributed by atoms with Gasteiger partial charge in [0.25, 0.3) is 0 Å². The molecular weight excluding hydrogens is 324 g/mol. The van der Waals surface area contributed by atoms with Gasteiger partial charge < -0.3 is 18.6 Å². The van der Waals surface area contributed by atoms with Crippen molar-refractivity contribution in [2.24, 2.45) is 0 Å². The van der Waals surface area contributed by atoms with Crippen LogP contribution in [0.15, 0.2) is 46.9 Å². The van der Waals surface area contributed by atoms with Crippen LogP contribution in [0.4, 0.5) is 0 Å². The third kappa shape index (κ3) is 3.19. The van der Waals surface area contributed by atoms with Gasteiger partial charge in [-0.2, -0.15) is 0 Å². The molecular formula is C19H16O6. The maximum atomic E-state index is 12.4. The van der Waals surface area contributed by atoms with E-state index in [4.69, 9.17) is 13.9 Å². The highest BCUT2D eigenvalue weighted by Crippen LogP contribution is 2.29. The summed E-state index contributed by atoms with van der Waals surface area (Å²) in [4.78, 5) is 23.8. The Balaban J connectivity index is 1.85. The number of hydrogen-bond acceptors (Lipinski definition) is 6. The maximum absolute atomic E-state index is 12.4. The van der Waals surface area contributed by atoms with Gasteiger partial charge in [0.2, 0.25) is 5.76 Å². The molecule has 0 spiro atoms. The van der Waals surface area contributed by atoms with Crippen LogP contribution in [0.2, 0.25) is 0 Å². The zero-order valence-electron chi connectivity index (χ0n) is 14.0. The molecule has 0 radical (unpaired) electrons. The summed E-state index contributed by atoms with van der Waals surface area (Å²) < 4.78 is 20.7. The van der Waals surface area contributed by atoms with Gasteiger partial charge in [0.05, 0.1) is 19.8 Å². The molecule has 0 aliphatic rings. The van der Waals surface area contributed by atoms with Crippen LogP contribution in [0.1, 0.15) is 26.5 Å². The Morgan fingerprint density at radius 2 is 1.60 bits per heavy atom. The number of esters is 2. The van der Waals surface area contributed by atoms with Crippen molar-refractivity contribution in [1.29, 1.82) is 0 Å². The van der Waals surface area contributed by atoms with Crippen molar-refractivity contribution in [3.63, 3.8) is 0 Å². The summed E-state index contributed by atoms with van der Waals surface area (Å²) in [7, 11) is 2.87. The first-order valence-electron chi connectivity index (χ1n) is 7.51. The molecule has 0 bridgehead atoms. The summed E-state index contributed by atoms with van der Waals surface area (Å²) in [5.41, 5.74) is 1.62. The number of carbonyl (C=O) groups is 2. The number of rotatable bonds is 4. The van der Waals surface area contributed by atoms with E-state index in [0.29, 0.717) is 28.2 Å². The average molecular weight is 340 g/mol. The van der Waals surface area contributed by atoms with Crippen LogP contribution in [-0.4, -0.2) is 26.2 Å². The van der Waals surface area contributed by atoms with Crippen LogP contribution in [-0.2, 0) is 4.74 Å². The van der Waals surface area contributed by atoms with Gasteiger partial charge >= 0.3 is 11.9 Å². The van der Waals surface area contributed by atoms with E-state index in [9.17, 15) is 9.59 Å². The van der Waals surface area contributed by atoms with Crippen molar-refractivity contribution in [3.8, 4) is 11.5 Å². The van der Waals surface area contributed by atoms with Crippen molar-refractivity contribution in [2.45, 2.75) is 6.92 Å². The zero-order chi connectivity index (χ0) is 18.0. The molecule has 3 rings (SSSR count). The number of hydrogen-bond donors (Lipinski definition) is 0. The van der Waals surface area contributed by atoms with Gasteiger partial charge in [-0.25, -0.2) is 9.59 Å². The Kier molecular flexibility index (Phi) is 4.43. The van der Waals surface area contributed by atoms with Crippen molar-refractivity contribution in [1.82, 2.24) is 0 Å². The Labute approximate surface area is 143 Å². The van der Waals surface area contributed by atoms with Crippen LogP contribution in [0.5, 0.6) is 11.5 Å². The van der Waals surface area contributed by atoms with Crippen molar-refractivity contribution in [2.75, 3.05) is 14.2 Å². The summed E-state index contributed by atoms with van der Waals surface area (Å²) in [6.45, 7) is 1.78. The second kappa shape index (κ2) is 6.68. The maximum Gasteiger partial charge on any atom is 0.379 e. The number of benzene rings is 2. The molecule has 0 saturated heterocycles. The first-order valence-corrected chi connectivity index (χ1v) is 7.51. The summed E-state index contributed by atoms with van der Waals surface area (Å²) in [6.07, 6.45) is 0. The average Bonchev–Trinajstić information content (AvgIpc) is 2.98. The summed E-state index contributed by atoms with van der Waals surface area (Å²) >= 11 is 0. The quantitative estimate of drug-likeness (QED) is 0.532. The number of fused-ring (bicyclic) bond motifs is 1. The number of methoxy groups -OCH3 is 2. The second-order valence-corrected chi connectivity index (χ2v) is 5.32. The van der Waals surface area contributed by atoms with Gasteiger partial charge in [0.15, 0.2) is 0 Å². The molecule has 1 aromatic heterocycles. The molecule has 6 heteroatoms. The molecule has 6 nitrogen and oxygen atoms in total. The van der Waals surface area contributed by atoms with Crippen LogP contribution < -0.4 is 9.47 Å². The third-order valence-corrected chi connectivity index (χ3v) is 3.81. The normalized spacial score (nSPS) is 10.5. The predicted octanol–water partition coefficient (Wildman–Crippen LogP) is 3.76. The van der Waals surface area contributed by atoms with Gasteiger partial charge in [-0.1, -0.05) is 0 Å².